The van der Waals surface area contributed by atoms with Crippen molar-refractivity contribution in [2.45, 2.75) is 13.8 Å². The number of amidine groups is 1. The summed E-state index contributed by atoms with van der Waals surface area (Å²) in [6.07, 6.45) is 3.57. The second kappa shape index (κ2) is 8.44. The van der Waals surface area contributed by atoms with Crippen LogP contribution in [-0.2, 0) is 4.74 Å². The Morgan fingerprint density at radius 3 is 2.65 bits per heavy atom. The van der Waals surface area contributed by atoms with E-state index in [0.29, 0.717) is 17.6 Å². The number of aryl methyl sites for hydroxylation is 1. The average molecular weight is 352 g/mol. The molecule has 3 N–H and O–H groups in total. The van der Waals surface area contributed by atoms with Crippen molar-refractivity contribution in [1.29, 1.82) is 0 Å². The van der Waals surface area contributed by atoms with Gasteiger partial charge in [-0.2, -0.15) is 4.98 Å². The number of aliphatic imine (C=N–C) groups is 1. The molecule has 0 saturated carbocycles. The molecule has 1 fully saturated rings. The molecule has 0 atom stereocenters. The predicted molar refractivity (Wildman–Crippen MR) is 106 cm³/mol. The molecular weight excluding hydrogens is 328 g/mol. The molecule has 7 heteroatoms. The molecule has 0 bridgehead atoms. The van der Waals surface area contributed by atoms with Crippen LogP contribution in [0.3, 0.4) is 0 Å². The van der Waals surface area contributed by atoms with Gasteiger partial charge in [-0.05, 0) is 44.2 Å². The molecule has 2 heterocycles. The number of anilines is 3. The standard InChI is InChI=1S/C19H24N6O/c1-3-4-17(20)23-18-13-14(2)21-19(24-18)22-15-5-7-16(8-6-15)25-9-11-26-12-10-25/h3-8,13H,9-12H2,1-2H3,(H3,20,21,22,23,24). The van der Waals surface area contributed by atoms with Gasteiger partial charge in [0.25, 0.3) is 0 Å². The van der Waals surface area contributed by atoms with Crippen molar-refractivity contribution in [3.63, 3.8) is 0 Å². The van der Waals surface area contributed by atoms with Gasteiger partial charge in [-0.15, -0.1) is 0 Å². The van der Waals surface area contributed by atoms with Gasteiger partial charge in [0.15, 0.2) is 5.82 Å². The van der Waals surface area contributed by atoms with E-state index in [0.717, 1.165) is 37.7 Å². The summed E-state index contributed by atoms with van der Waals surface area (Å²) in [5, 5.41) is 3.23. The number of nitrogens with two attached hydrogens (primary N) is 1. The largest absolute Gasteiger partial charge is 0.384 e. The fraction of sp³-hybridized carbons (Fsp3) is 0.316. The molecule has 1 aromatic carbocycles. The molecule has 7 nitrogen and oxygen atoms in total. The van der Waals surface area contributed by atoms with Crippen molar-refractivity contribution in [2.24, 2.45) is 10.7 Å². The Kier molecular flexibility index (Phi) is 5.80. The van der Waals surface area contributed by atoms with E-state index in [-0.39, 0.29) is 0 Å². The summed E-state index contributed by atoms with van der Waals surface area (Å²) < 4.78 is 5.39. The van der Waals surface area contributed by atoms with Gasteiger partial charge in [-0.25, -0.2) is 9.98 Å². The van der Waals surface area contributed by atoms with Gasteiger partial charge in [-0.3, -0.25) is 0 Å². The quantitative estimate of drug-likeness (QED) is 0.635. The van der Waals surface area contributed by atoms with Crippen molar-refractivity contribution in [2.75, 3.05) is 36.5 Å². The SMILES string of the molecule is CC=CC(N)=Nc1cc(C)nc(Nc2ccc(N3CCOCC3)cc2)n1. The first kappa shape index (κ1) is 17.9. The van der Waals surface area contributed by atoms with E-state index in [1.807, 2.05) is 32.1 Å². The van der Waals surface area contributed by atoms with Gasteiger partial charge < -0.3 is 20.7 Å². The topological polar surface area (TPSA) is 88.7 Å². The number of nitrogens with one attached hydrogen (secondary N) is 1. The van der Waals surface area contributed by atoms with E-state index >= 15 is 0 Å². The predicted octanol–water partition coefficient (Wildman–Crippen LogP) is 2.93. The van der Waals surface area contributed by atoms with Crippen LogP contribution in [0.2, 0.25) is 0 Å². The van der Waals surface area contributed by atoms with Crippen molar-refractivity contribution < 1.29 is 4.74 Å². The van der Waals surface area contributed by atoms with Crippen LogP contribution < -0.4 is 16.0 Å². The summed E-state index contributed by atoms with van der Waals surface area (Å²) in [6.45, 7) is 7.18. The Morgan fingerprint density at radius 2 is 1.96 bits per heavy atom. The van der Waals surface area contributed by atoms with E-state index in [1.54, 1.807) is 12.1 Å². The lowest BCUT2D eigenvalue weighted by Gasteiger charge is -2.28. The third-order valence-corrected chi connectivity index (χ3v) is 3.92. The second-order valence-electron chi connectivity index (χ2n) is 6.00. The van der Waals surface area contributed by atoms with E-state index in [4.69, 9.17) is 10.5 Å². The number of nitrogens with zero attached hydrogens (tertiary/aromatic N) is 4. The number of hydrogen-bond donors (Lipinski definition) is 2. The Labute approximate surface area is 153 Å². The van der Waals surface area contributed by atoms with E-state index < -0.39 is 0 Å². The number of aromatic nitrogens is 2. The average Bonchev–Trinajstić information content (AvgIpc) is 2.63. The van der Waals surface area contributed by atoms with Crippen molar-refractivity contribution >= 4 is 29.0 Å². The number of hydrogen-bond acceptors (Lipinski definition) is 6. The van der Waals surface area contributed by atoms with E-state index in [2.05, 4.69) is 37.3 Å². The smallest absolute Gasteiger partial charge is 0.229 e. The van der Waals surface area contributed by atoms with E-state index in [1.165, 1.54) is 5.69 Å². The van der Waals surface area contributed by atoms with Crippen molar-refractivity contribution in [3.8, 4) is 0 Å². The Morgan fingerprint density at radius 1 is 1.23 bits per heavy atom. The molecule has 0 amide bonds. The molecular formula is C19H24N6O. The molecule has 0 aliphatic carbocycles. The molecule has 0 spiro atoms. The second-order valence-corrected chi connectivity index (χ2v) is 6.00. The number of allylic oxidation sites excluding steroid dienone is 1. The van der Waals surface area contributed by atoms with Gasteiger partial charge in [0, 0.05) is 36.2 Å². The first-order chi connectivity index (χ1) is 12.6. The fourth-order valence-corrected chi connectivity index (χ4v) is 2.71. The highest BCUT2D eigenvalue weighted by molar-refractivity contribution is 5.93. The third-order valence-electron chi connectivity index (χ3n) is 3.92. The van der Waals surface area contributed by atoms with Crippen molar-refractivity contribution in [1.82, 2.24) is 9.97 Å². The molecule has 1 aliphatic rings. The lowest BCUT2D eigenvalue weighted by Crippen LogP contribution is -2.36. The monoisotopic (exact) mass is 352 g/mol. The molecule has 0 unspecified atom stereocenters. The zero-order valence-corrected chi connectivity index (χ0v) is 15.1. The van der Waals surface area contributed by atoms with Gasteiger partial charge in [0.1, 0.15) is 5.84 Å². The summed E-state index contributed by atoms with van der Waals surface area (Å²) in [5.74, 6) is 1.43. The zero-order valence-electron chi connectivity index (χ0n) is 15.1. The summed E-state index contributed by atoms with van der Waals surface area (Å²) >= 11 is 0. The van der Waals surface area contributed by atoms with Gasteiger partial charge in [0.05, 0.1) is 13.2 Å². The molecule has 3 rings (SSSR count). The normalized spacial score (nSPS) is 15.5. The zero-order chi connectivity index (χ0) is 18.4. The maximum Gasteiger partial charge on any atom is 0.229 e. The minimum atomic E-state index is 0.409. The first-order valence-corrected chi connectivity index (χ1v) is 8.66. The van der Waals surface area contributed by atoms with Crippen LogP contribution in [0.5, 0.6) is 0 Å². The minimum Gasteiger partial charge on any atom is -0.384 e. The van der Waals surface area contributed by atoms with Crippen molar-refractivity contribution in [3.05, 3.63) is 48.2 Å². The Bertz CT molecular complexity index is 794. The summed E-state index contributed by atoms with van der Waals surface area (Å²) in [5.41, 5.74) is 8.75. The highest BCUT2D eigenvalue weighted by Gasteiger charge is 2.11. The van der Waals surface area contributed by atoms with Gasteiger partial charge in [0.2, 0.25) is 5.95 Å². The first-order valence-electron chi connectivity index (χ1n) is 8.66. The Hall–Kier alpha value is -2.93. The molecule has 1 aliphatic heterocycles. The lowest BCUT2D eigenvalue weighted by molar-refractivity contribution is 0.122. The highest BCUT2D eigenvalue weighted by atomic mass is 16.5. The van der Waals surface area contributed by atoms with Crippen LogP contribution in [0.1, 0.15) is 12.6 Å². The molecule has 1 saturated heterocycles. The molecule has 1 aromatic heterocycles. The number of benzene rings is 1. The van der Waals surface area contributed by atoms with Crippen LogP contribution in [0.25, 0.3) is 0 Å². The number of morpholine rings is 1. The van der Waals surface area contributed by atoms with Gasteiger partial charge in [-0.1, -0.05) is 6.08 Å². The van der Waals surface area contributed by atoms with Crippen LogP contribution in [0.4, 0.5) is 23.1 Å². The summed E-state index contributed by atoms with van der Waals surface area (Å²) in [4.78, 5) is 15.4. The van der Waals surface area contributed by atoms with Gasteiger partial charge >= 0.3 is 0 Å². The Balaban J connectivity index is 1.74. The van der Waals surface area contributed by atoms with Crippen LogP contribution in [0.15, 0.2) is 47.5 Å². The summed E-state index contributed by atoms with van der Waals surface area (Å²) in [7, 11) is 0. The molecule has 2 aromatic rings. The fourth-order valence-electron chi connectivity index (χ4n) is 2.71. The molecule has 0 radical (unpaired) electrons. The highest BCUT2D eigenvalue weighted by Crippen LogP contribution is 2.22. The third kappa shape index (κ3) is 4.80. The number of rotatable bonds is 5. The van der Waals surface area contributed by atoms with Crippen LogP contribution >= 0.6 is 0 Å². The molecule has 136 valence electrons. The van der Waals surface area contributed by atoms with Crippen LogP contribution in [0, 0.1) is 6.92 Å². The molecule has 26 heavy (non-hydrogen) atoms. The van der Waals surface area contributed by atoms with Crippen LogP contribution in [-0.4, -0.2) is 42.1 Å². The maximum atomic E-state index is 5.83. The number of ether oxygens (including phenoxy) is 1. The maximum absolute atomic E-state index is 5.83. The van der Waals surface area contributed by atoms with E-state index in [9.17, 15) is 0 Å². The lowest BCUT2D eigenvalue weighted by atomic mass is 10.2. The minimum absolute atomic E-state index is 0.409. The summed E-state index contributed by atoms with van der Waals surface area (Å²) in [6, 6.07) is 10.0.